The summed E-state index contributed by atoms with van der Waals surface area (Å²) in [5.74, 6) is 3.01. The van der Waals surface area contributed by atoms with Crippen molar-refractivity contribution in [1.82, 2.24) is 79.9 Å². The minimum absolute atomic E-state index is 0.113. The molecule has 8 aromatic rings. The Morgan fingerprint density at radius 1 is 0.471 bits per heavy atom. The number of aromatic nitrogens is 12. The molecular weight excluding hydrogens is 1700 g/mol. The number of nitrogens with one attached hydrogen (secondary N) is 2. The first-order valence-corrected chi connectivity index (χ1v) is 43.5. The second kappa shape index (κ2) is 37.1. The van der Waals surface area contributed by atoms with E-state index in [9.17, 15) is 23.6 Å². The van der Waals surface area contributed by atoms with Crippen molar-refractivity contribution in [2.75, 3.05) is 54.0 Å². The van der Waals surface area contributed by atoms with E-state index in [4.69, 9.17) is 49.8 Å². The summed E-state index contributed by atoms with van der Waals surface area (Å²) in [4.78, 5) is 97.9. The number of piperazine rings is 3. The number of aryl methyl sites for hydroxylation is 4. The van der Waals surface area contributed by atoms with Gasteiger partial charge in [0, 0.05) is 132 Å². The molecule has 0 aromatic carbocycles. The SMILES string of the molecule is CC(C)(C)OC(=O)N1C2CC1CN(c1ccc(B3OC(C)(C)C(C)(C)O3)cn1)C2.CC(C)(C)OC(=O)N1C2CC1CN(c1ccc(Br)cn1)C2.CC(C)(C)OC(=O)N1C2CCCC1C2.Cc1cc(Cc2cc(C)[nH]n2)nc(-c2ccc(N3CC4CC(C3)N4C(=O)OC(C)(C)C)nc2)n1.Cc1cc(Cc2cc(C)[nH]n2)nc(Cl)n1.Fc1ccc(Br)cn1. The molecule has 8 atom stereocenters. The Bertz CT molecular complexity index is 4800. The third kappa shape index (κ3) is 24.0. The lowest BCUT2D eigenvalue weighted by molar-refractivity contribution is -0.0513. The average Bonchev–Trinajstić information content (AvgIpc) is 1.65. The number of carbonyl (C=O) groups excluding carboxylic acids is 4. The van der Waals surface area contributed by atoms with Crippen molar-refractivity contribution in [2.45, 2.75) is 278 Å². The van der Waals surface area contributed by atoms with Gasteiger partial charge in [-0.2, -0.15) is 14.6 Å². The molecule has 2 N–H and O–H groups in total. The van der Waals surface area contributed by atoms with Gasteiger partial charge in [-0.15, -0.1) is 0 Å². The lowest BCUT2D eigenvalue weighted by atomic mass is 9.80. The van der Waals surface area contributed by atoms with Crippen LogP contribution in [0, 0.1) is 33.6 Å². The number of carbonyl (C=O) groups is 4. The molecule has 12 saturated heterocycles. The number of aromatic amines is 2. The Hall–Kier alpha value is -9.18. The molecule has 13 aliphatic rings. The molecule has 13 fully saturated rings. The van der Waals surface area contributed by atoms with E-state index in [0.29, 0.717) is 30.7 Å². The highest BCUT2D eigenvalue weighted by atomic mass is 79.9. The molecule has 34 heteroatoms. The number of H-pyrrole nitrogens is 2. The molecule has 1 aliphatic carbocycles. The third-order valence-corrected chi connectivity index (χ3v) is 23.2. The van der Waals surface area contributed by atoms with Gasteiger partial charge in [-0.1, -0.05) is 6.07 Å². The number of hydrogen-bond acceptors (Lipinski definition) is 23. The first kappa shape index (κ1) is 91.0. The fourth-order valence-corrected chi connectivity index (χ4v) is 16.7. The maximum Gasteiger partial charge on any atom is 0.496 e. The van der Waals surface area contributed by atoms with E-state index in [1.165, 1.54) is 25.1 Å². The fraction of sp³-hybridized carbons (Fsp3) is 0.563. The summed E-state index contributed by atoms with van der Waals surface area (Å²) >= 11 is 12.3. The van der Waals surface area contributed by atoms with Crippen LogP contribution in [0.2, 0.25) is 5.28 Å². The molecule has 8 unspecified atom stereocenters. The van der Waals surface area contributed by atoms with Crippen LogP contribution in [0.25, 0.3) is 11.4 Å². The van der Waals surface area contributed by atoms with Crippen molar-refractivity contribution in [3.63, 3.8) is 0 Å². The highest BCUT2D eigenvalue weighted by Gasteiger charge is 2.54. The summed E-state index contributed by atoms with van der Waals surface area (Å²) in [6.45, 7) is 43.6. The van der Waals surface area contributed by atoms with E-state index in [1.807, 2.05) is 231 Å². The smallest absolute Gasteiger partial charge is 0.444 e. The van der Waals surface area contributed by atoms with Crippen LogP contribution in [0.5, 0.6) is 0 Å². The van der Waals surface area contributed by atoms with Gasteiger partial charge in [0.15, 0.2) is 5.82 Å². The molecule has 0 spiro atoms. The Balaban J connectivity index is 0.000000140. The molecule has 8 bridgehead atoms. The van der Waals surface area contributed by atoms with Crippen molar-refractivity contribution in [3.8, 4) is 11.4 Å². The second-order valence-corrected chi connectivity index (χ2v) is 39.6. The normalized spacial score (nSPS) is 21.9. The van der Waals surface area contributed by atoms with Crippen LogP contribution in [0.1, 0.15) is 201 Å². The van der Waals surface area contributed by atoms with Crippen molar-refractivity contribution < 1.29 is 51.8 Å². The third-order valence-electron chi connectivity index (χ3n) is 22.1. The number of pyridine rings is 4. The number of rotatable bonds is 9. The first-order valence-electron chi connectivity index (χ1n) is 41.6. The number of piperidine rings is 4. The zero-order valence-electron chi connectivity index (χ0n) is 73.2. The van der Waals surface area contributed by atoms with E-state index in [2.05, 4.69) is 96.9 Å². The largest absolute Gasteiger partial charge is 0.496 e. The number of ether oxygens (including phenoxy) is 4. The molecule has 121 heavy (non-hydrogen) atoms. The topological polar surface area (TPSA) is 307 Å². The fourth-order valence-electron chi connectivity index (χ4n) is 16.0. The van der Waals surface area contributed by atoms with Crippen LogP contribution in [-0.4, -0.2) is 233 Å². The highest BCUT2D eigenvalue weighted by Crippen LogP contribution is 2.42. The number of nitrogens with zero attached hydrogens (tertiary/aromatic N) is 17. The van der Waals surface area contributed by atoms with Gasteiger partial charge in [-0.25, -0.2) is 59.0 Å². The van der Waals surface area contributed by atoms with Crippen LogP contribution in [-0.2, 0) is 41.1 Å². The van der Waals surface area contributed by atoms with E-state index in [-0.39, 0.29) is 82.7 Å². The van der Waals surface area contributed by atoms with Gasteiger partial charge in [0.1, 0.15) is 39.9 Å². The zero-order chi connectivity index (χ0) is 87.6. The van der Waals surface area contributed by atoms with Gasteiger partial charge in [-0.3, -0.25) is 24.9 Å². The molecule has 20 heterocycles. The Morgan fingerprint density at radius 3 is 1.17 bits per heavy atom. The number of anilines is 3. The molecular formula is C87H116BBr2ClFN19O10. The van der Waals surface area contributed by atoms with Crippen LogP contribution >= 0.6 is 43.5 Å². The molecule has 29 nitrogen and oxygen atoms in total. The maximum absolute atomic E-state index is 12.5. The Kier molecular flexibility index (Phi) is 27.9. The van der Waals surface area contributed by atoms with Crippen molar-refractivity contribution in [1.29, 1.82) is 0 Å². The van der Waals surface area contributed by atoms with Gasteiger partial charge < -0.3 is 47.9 Å². The predicted octanol–water partition coefficient (Wildman–Crippen LogP) is 15.9. The molecule has 650 valence electrons. The minimum Gasteiger partial charge on any atom is -0.444 e. The number of fused-ring (bicyclic) bond motifs is 8. The molecule has 8 aromatic heterocycles. The molecule has 4 amide bonds. The molecule has 0 radical (unpaired) electrons. The van der Waals surface area contributed by atoms with Crippen LogP contribution < -0.4 is 20.2 Å². The van der Waals surface area contributed by atoms with Gasteiger partial charge in [-0.05, 0) is 294 Å². The summed E-state index contributed by atoms with van der Waals surface area (Å²) in [6.07, 6.45) is 15.4. The van der Waals surface area contributed by atoms with Gasteiger partial charge in [0.25, 0.3) is 0 Å². The van der Waals surface area contributed by atoms with Gasteiger partial charge in [0.05, 0.1) is 70.2 Å². The zero-order valence-corrected chi connectivity index (χ0v) is 77.2. The molecule has 12 aliphatic heterocycles. The minimum atomic E-state index is -0.479. The number of hydrogen-bond donors (Lipinski definition) is 2. The van der Waals surface area contributed by atoms with E-state index >= 15 is 0 Å². The monoisotopic (exact) mass is 1810 g/mol. The van der Waals surface area contributed by atoms with Crippen molar-refractivity contribution in [3.05, 3.63) is 163 Å². The second-order valence-electron chi connectivity index (χ2n) is 37.5. The van der Waals surface area contributed by atoms with Crippen molar-refractivity contribution in [2.24, 2.45) is 0 Å². The summed E-state index contributed by atoms with van der Waals surface area (Å²) in [7, 11) is -0.404. The van der Waals surface area contributed by atoms with Crippen LogP contribution in [0.4, 0.5) is 41.0 Å². The van der Waals surface area contributed by atoms with Crippen LogP contribution in [0.3, 0.4) is 0 Å². The summed E-state index contributed by atoms with van der Waals surface area (Å²) in [6, 6.07) is 25.0. The maximum atomic E-state index is 12.5. The van der Waals surface area contributed by atoms with Gasteiger partial charge >= 0.3 is 31.5 Å². The quantitative estimate of drug-likeness (QED) is 0.0587. The highest BCUT2D eigenvalue weighted by molar-refractivity contribution is 9.10. The summed E-state index contributed by atoms with van der Waals surface area (Å²) < 4.78 is 47.9. The number of amides is 4. The lowest BCUT2D eigenvalue weighted by Gasteiger charge is -2.56. The average molecular weight is 1810 g/mol. The summed E-state index contributed by atoms with van der Waals surface area (Å²) in [5, 5.41) is 14.6. The molecule has 21 rings (SSSR count). The van der Waals surface area contributed by atoms with Crippen LogP contribution in [0.15, 0.2) is 107 Å². The molecule has 1 saturated carbocycles. The Labute approximate surface area is 731 Å². The van der Waals surface area contributed by atoms with Gasteiger partial charge in [0.2, 0.25) is 11.2 Å². The first-order chi connectivity index (χ1) is 56.7. The Morgan fingerprint density at radius 2 is 0.835 bits per heavy atom. The van der Waals surface area contributed by atoms with E-state index < -0.39 is 29.9 Å². The lowest BCUT2D eigenvalue weighted by Crippen LogP contribution is -2.70. The van der Waals surface area contributed by atoms with Crippen molar-refractivity contribution >= 4 is 97.9 Å². The standard InChI is InChI=1S/C25H31N7O2.C21H32BN3O4.C15H20BrN3O2.C11H19NO2.C10H11ClN4.C5H3BrFN/c1-15-8-18(10-19-9-16(2)29-30-19)28-23(27-15)17-6-7-22(26-12-17)31-13-20-11-21(14-31)32(20)24(33)34-25(3,4)5;1-19(2,3)27-18(26)25-15-10-16(25)13-24(12-15)17-9-8-14(11-23-17)22-28-20(4,5)21(6,7)29-22;1-15(2,3)21-14(20)19-11-6-12(19)9-18(8-11)13-5-4-10(16)7-17-13;1-11(2,3)14-10(13)12-8-5-4-6-9(12)7-8;1-6-3-8(13-10(11)12-6)5-9-4-7(2)14-15-9;6-4-1-2-5(7)8-3-4/h6-9,12,20-21H,10-11,13-14H2,1-5H3,(H,29,30);8-9,11,15-16H,10,12-13H2,1-7H3;4-5,7,11-12H,6,8-9H2,1-3H3;8-9H,4-7H2,1-3H3;3-4H,5H2,1-2H3,(H,14,15);1-3H. The summed E-state index contributed by atoms with van der Waals surface area (Å²) in [5.41, 5.74) is 6.92. The van der Waals surface area contributed by atoms with E-state index in [1.54, 1.807) is 12.3 Å². The van der Waals surface area contributed by atoms with E-state index in [0.717, 1.165) is 154 Å². The predicted molar refractivity (Wildman–Crippen MR) is 469 cm³/mol. The number of halogens is 4.